The molecule has 0 aliphatic heterocycles. The summed E-state index contributed by atoms with van der Waals surface area (Å²) in [6.07, 6.45) is 3.66. The van der Waals surface area contributed by atoms with Crippen LogP contribution in [-0.2, 0) is 0 Å². The van der Waals surface area contributed by atoms with Gasteiger partial charge in [0.15, 0.2) is 5.43 Å². The smallest absolute Gasteiger partial charge is 0.182 e. The van der Waals surface area contributed by atoms with E-state index in [9.17, 15) is 4.79 Å². The normalized spacial score (nSPS) is 10.4. The summed E-state index contributed by atoms with van der Waals surface area (Å²) in [6, 6.07) is 6.98. The largest absolute Gasteiger partial charge is 0.324 e. The molecule has 0 saturated heterocycles. The zero-order valence-electron chi connectivity index (χ0n) is 6.20. The summed E-state index contributed by atoms with van der Waals surface area (Å²) in [6.45, 7) is 0. The van der Waals surface area contributed by atoms with Crippen molar-refractivity contribution in [3.8, 4) is 0 Å². The van der Waals surface area contributed by atoms with Gasteiger partial charge in [-0.2, -0.15) is 0 Å². The molecule has 60 valence electrons. The van der Waals surface area contributed by atoms with Gasteiger partial charge >= 0.3 is 0 Å². The highest BCUT2D eigenvalue weighted by atomic mass is 79.9. The van der Waals surface area contributed by atoms with E-state index in [1.54, 1.807) is 18.3 Å². The molecule has 0 radical (unpaired) electrons. The number of halogens is 1. The highest BCUT2D eigenvalue weighted by Crippen LogP contribution is 2.10. The molecule has 2 nitrogen and oxygen atoms in total. The van der Waals surface area contributed by atoms with Crippen LogP contribution in [0.4, 0.5) is 0 Å². The SMILES string of the molecule is O=c1ccn2ccc(Br)cc2c1. The zero-order valence-corrected chi connectivity index (χ0v) is 7.78. The molecule has 0 atom stereocenters. The quantitative estimate of drug-likeness (QED) is 0.671. The highest BCUT2D eigenvalue weighted by molar-refractivity contribution is 9.10. The Morgan fingerprint density at radius 2 is 1.92 bits per heavy atom. The van der Waals surface area contributed by atoms with E-state index in [1.165, 1.54) is 0 Å². The molecule has 0 saturated carbocycles. The first-order valence-corrected chi connectivity index (χ1v) is 4.32. The Labute approximate surface area is 77.6 Å². The molecule has 0 aliphatic rings. The summed E-state index contributed by atoms with van der Waals surface area (Å²) in [4.78, 5) is 11.0. The molecule has 0 N–H and O–H groups in total. The van der Waals surface area contributed by atoms with Crippen molar-refractivity contribution in [3.63, 3.8) is 0 Å². The summed E-state index contributed by atoms with van der Waals surface area (Å²) >= 11 is 3.34. The lowest BCUT2D eigenvalue weighted by molar-refractivity contribution is 1.15. The average molecular weight is 224 g/mol. The standard InChI is InChI=1S/C9H6BrNO/c10-7-1-3-11-4-2-9(12)6-8(11)5-7/h1-6H. The van der Waals surface area contributed by atoms with Crippen LogP contribution in [0.15, 0.2) is 45.9 Å². The molecule has 0 aromatic carbocycles. The van der Waals surface area contributed by atoms with Crippen LogP contribution in [-0.4, -0.2) is 4.40 Å². The zero-order chi connectivity index (χ0) is 8.55. The fourth-order valence-electron chi connectivity index (χ4n) is 1.10. The average Bonchev–Trinajstić information content (AvgIpc) is 2.03. The van der Waals surface area contributed by atoms with Crippen molar-refractivity contribution in [1.29, 1.82) is 0 Å². The monoisotopic (exact) mass is 223 g/mol. The van der Waals surface area contributed by atoms with E-state index in [-0.39, 0.29) is 5.43 Å². The molecule has 12 heavy (non-hydrogen) atoms. The lowest BCUT2D eigenvalue weighted by atomic mass is 10.3. The van der Waals surface area contributed by atoms with Crippen molar-refractivity contribution >= 4 is 21.4 Å². The maximum absolute atomic E-state index is 11.0. The van der Waals surface area contributed by atoms with Crippen LogP contribution in [0.3, 0.4) is 0 Å². The van der Waals surface area contributed by atoms with Gasteiger partial charge in [-0.05, 0) is 12.1 Å². The number of nitrogens with zero attached hydrogens (tertiary/aromatic N) is 1. The summed E-state index contributed by atoms with van der Waals surface area (Å²) in [7, 11) is 0. The molecule has 2 heterocycles. The maximum Gasteiger partial charge on any atom is 0.182 e. The van der Waals surface area contributed by atoms with E-state index < -0.39 is 0 Å². The fourth-order valence-corrected chi connectivity index (χ4v) is 1.45. The van der Waals surface area contributed by atoms with Crippen LogP contribution in [0.25, 0.3) is 5.52 Å². The lowest BCUT2D eigenvalue weighted by Gasteiger charge is -1.99. The Hall–Kier alpha value is -1.09. The van der Waals surface area contributed by atoms with Gasteiger partial charge < -0.3 is 4.40 Å². The Kier molecular flexibility index (Phi) is 1.73. The molecule has 0 aliphatic carbocycles. The van der Waals surface area contributed by atoms with Crippen molar-refractivity contribution in [2.45, 2.75) is 0 Å². The summed E-state index contributed by atoms with van der Waals surface area (Å²) < 4.78 is 2.87. The minimum absolute atomic E-state index is 0.0353. The third-order valence-electron chi connectivity index (χ3n) is 1.67. The molecule has 2 aromatic heterocycles. The van der Waals surface area contributed by atoms with Crippen LogP contribution >= 0.6 is 15.9 Å². The second kappa shape index (κ2) is 2.75. The molecule has 0 fully saturated rings. The number of aromatic nitrogens is 1. The number of fused-ring (bicyclic) bond motifs is 1. The van der Waals surface area contributed by atoms with E-state index in [4.69, 9.17) is 0 Å². The first-order valence-electron chi connectivity index (χ1n) is 3.53. The van der Waals surface area contributed by atoms with Gasteiger partial charge in [0.25, 0.3) is 0 Å². The lowest BCUT2D eigenvalue weighted by Crippen LogP contribution is -1.99. The van der Waals surface area contributed by atoms with Crippen LogP contribution in [0.5, 0.6) is 0 Å². The van der Waals surface area contributed by atoms with Crippen LogP contribution in [0, 0.1) is 0 Å². The number of hydrogen-bond acceptors (Lipinski definition) is 1. The molecule has 0 spiro atoms. The molecule has 0 unspecified atom stereocenters. The van der Waals surface area contributed by atoms with Crippen molar-refractivity contribution in [2.75, 3.05) is 0 Å². The second-order valence-corrected chi connectivity index (χ2v) is 3.46. The van der Waals surface area contributed by atoms with E-state index >= 15 is 0 Å². The second-order valence-electron chi connectivity index (χ2n) is 2.54. The molecular weight excluding hydrogens is 218 g/mol. The minimum Gasteiger partial charge on any atom is -0.324 e. The predicted octanol–water partition coefficient (Wildman–Crippen LogP) is 2.06. The third-order valence-corrected chi connectivity index (χ3v) is 2.16. The van der Waals surface area contributed by atoms with Crippen LogP contribution < -0.4 is 5.43 Å². The van der Waals surface area contributed by atoms with E-state index in [0.29, 0.717) is 0 Å². The Morgan fingerprint density at radius 1 is 1.17 bits per heavy atom. The fraction of sp³-hybridized carbons (Fsp3) is 0. The predicted molar refractivity (Wildman–Crippen MR) is 51.4 cm³/mol. The van der Waals surface area contributed by atoms with Gasteiger partial charge in [0, 0.05) is 34.5 Å². The summed E-state index contributed by atoms with van der Waals surface area (Å²) in [5.41, 5.74) is 0.935. The van der Waals surface area contributed by atoms with Gasteiger partial charge in [-0.25, -0.2) is 0 Å². The van der Waals surface area contributed by atoms with Gasteiger partial charge in [-0.1, -0.05) is 15.9 Å². The van der Waals surface area contributed by atoms with E-state index in [2.05, 4.69) is 15.9 Å². The highest BCUT2D eigenvalue weighted by Gasteiger charge is 1.92. The third kappa shape index (κ3) is 1.28. The van der Waals surface area contributed by atoms with E-state index in [1.807, 2.05) is 22.7 Å². The Bertz CT molecular complexity index is 475. The molecule has 2 aromatic rings. The molecule has 0 bridgehead atoms. The van der Waals surface area contributed by atoms with E-state index in [0.717, 1.165) is 9.99 Å². The molecule has 0 amide bonds. The van der Waals surface area contributed by atoms with Crippen molar-refractivity contribution in [1.82, 2.24) is 4.40 Å². The van der Waals surface area contributed by atoms with Gasteiger partial charge in [0.2, 0.25) is 0 Å². The maximum atomic E-state index is 11.0. The first-order chi connectivity index (χ1) is 5.75. The van der Waals surface area contributed by atoms with Crippen molar-refractivity contribution in [3.05, 3.63) is 51.4 Å². The Balaban J connectivity index is 2.89. The van der Waals surface area contributed by atoms with Crippen LogP contribution in [0.1, 0.15) is 0 Å². The number of pyridine rings is 2. The van der Waals surface area contributed by atoms with Gasteiger partial charge in [0.05, 0.1) is 0 Å². The Morgan fingerprint density at radius 3 is 2.75 bits per heavy atom. The molecule has 3 heteroatoms. The summed E-state index contributed by atoms with van der Waals surface area (Å²) in [5, 5.41) is 0. The minimum atomic E-state index is 0.0353. The number of rotatable bonds is 0. The molecular formula is C9H6BrNO. The van der Waals surface area contributed by atoms with Gasteiger partial charge in [-0.3, -0.25) is 4.79 Å². The number of hydrogen-bond donors (Lipinski definition) is 0. The van der Waals surface area contributed by atoms with Crippen LogP contribution in [0.2, 0.25) is 0 Å². The van der Waals surface area contributed by atoms with Crippen molar-refractivity contribution < 1.29 is 0 Å². The van der Waals surface area contributed by atoms with Gasteiger partial charge in [-0.15, -0.1) is 0 Å². The summed E-state index contributed by atoms with van der Waals surface area (Å²) in [5.74, 6) is 0. The molecule has 2 rings (SSSR count). The topological polar surface area (TPSA) is 21.5 Å². The first kappa shape index (κ1) is 7.55. The van der Waals surface area contributed by atoms with Crippen molar-refractivity contribution in [2.24, 2.45) is 0 Å². The van der Waals surface area contributed by atoms with Gasteiger partial charge in [0.1, 0.15) is 0 Å².